The van der Waals surface area contributed by atoms with Crippen molar-refractivity contribution in [3.05, 3.63) is 47.7 Å². The van der Waals surface area contributed by atoms with E-state index < -0.39 is 0 Å². The Hall–Kier alpha value is -3.26. The van der Waals surface area contributed by atoms with Crippen LogP contribution in [0.2, 0.25) is 0 Å². The molecule has 8 nitrogen and oxygen atoms in total. The van der Waals surface area contributed by atoms with Gasteiger partial charge >= 0.3 is 0 Å². The van der Waals surface area contributed by atoms with Crippen molar-refractivity contribution >= 4 is 22.8 Å². The van der Waals surface area contributed by atoms with Gasteiger partial charge in [0.2, 0.25) is 5.91 Å². The lowest BCUT2D eigenvalue weighted by Crippen LogP contribution is -2.40. The van der Waals surface area contributed by atoms with Crippen molar-refractivity contribution in [3.63, 3.8) is 0 Å². The first-order chi connectivity index (χ1) is 15.5. The fourth-order valence-electron chi connectivity index (χ4n) is 4.33. The summed E-state index contributed by atoms with van der Waals surface area (Å²) < 4.78 is 1.74. The third-order valence-corrected chi connectivity index (χ3v) is 5.89. The van der Waals surface area contributed by atoms with E-state index in [-0.39, 0.29) is 11.8 Å². The van der Waals surface area contributed by atoms with Crippen LogP contribution in [0.5, 0.6) is 0 Å². The molecule has 2 amide bonds. The normalized spacial score (nSPS) is 15.0. The highest BCUT2D eigenvalue weighted by atomic mass is 16.2. The Labute approximate surface area is 188 Å². The lowest BCUT2D eigenvalue weighted by molar-refractivity contribution is -0.122. The van der Waals surface area contributed by atoms with Gasteiger partial charge in [-0.25, -0.2) is 4.98 Å². The van der Waals surface area contributed by atoms with Crippen LogP contribution in [0.25, 0.3) is 22.3 Å². The summed E-state index contributed by atoms with van der Waals surface area (Å²) in [6.45, 7) is 7.55. The molecule has 3 aromatic rings. The number of rotatable bonds is 5. The summed E-state index contributed by atoms with van der Waals surface area (Å²) in [6.07, 6.45) is 0.830. The first-order valence-corrected chi connectivity index (χ1v) is 11.2. The molecule has 32 heavy (non-hydrogen) atoms. The van der Waals surface area contributed by atoms with Gasteiger partial charge in [0, 0.05) is 45.3 Å². The second-order valence-corrected chi connectivity index (χ2v) is 8.20. The molecule has 0 saturated carbocycles. The van der Waals surface area contributed by atoms with E-state index in [0.29, 0.717) is 43.9 Å². The van der Waals surface area contributed by atoms with Gasteiger partial charge in [-0.05, 0) is 26.3 Å². The predicted octanol–water partition coefficient (Wildman–Crippen LogP) is 2.23. The molecule has 8 heteroatoms. The number of fused-ring (bicyclic) bond motifs is 1. The van der Waals surface area contributed by atoms with Gasteiger partial charge < -0.3 is 10.2 Å². The van der Waals surface area contributed by atoms with Gasteiger partial charge in [-0.15, -0.1) is 0 Å². The predicted molar refractivity (Wildman–Crippen MR) is 124 cm³/mol. The minimum Gasteiger partial charge on any atom is -0.355 e. The van der Waals surface area contributed by atoms with Crippen molar-refractivity contribution < 1.29 is 9.59 Å². The van der Waals surface area contributed by atoms with Crippen molar-refractivity contribution in [2.45, 2.75) is 20.3 Å². The zero-order valence-electron chi connectivity index (χ0n) is 19.0. The highest BCUT2D eigenvalue weighted by Gasteiger charge is 2.25. The van der Waals surface area contributed by atoms with Crippen LogP contribution in [0.3, 0.4) is 0 Å². The lowest BCUT2D eigenvalue weighted by Gasteiger charge is -2.22. The molecule has 1 N–H and O–H groups in total. The zero-order valence-corrected chi connectivity index (χ0v) is 19.0. The molecule has 0 aliphatic carbocycles. The van der Waals surface area contributed by atoms with Crippen molar-refractivity contribution in [1.82, 2.24) is 29.9 Å². The summed E-state index contributed by atoms with van der Waals surface area (Å²) in [5.41, 5.74) is 3.87. The summed E-state index contributed by atoms with van der Waals surface area (Å²) in [6, 6.07) is 11.8. The Balaban J connectivity index is 1.64. The molecule has 1 fully saturated rings. The van der Waals surface area contributed by atoms with Crippen LogP contribution >= 0.6 is 0 Å². The van der Waals surface area contributed by atoms with Crippen LogP contribution < -0.4 is 5.32 Å². The number of hydrogen-bond acceptors (Lipinski definition) is 5. The van der Waals surface area contributed by atoms with Gasteiger partial charge in [-0.1, -0.05) is 30.3 Å². The van der Waals surface area contributed by atoms with Crippen LogP contribution in [-0.2, 0) is 11.8 Å². The fourth-order valence-corrected chi connectivity index (χ4v) is 4.33. The van der Waals surface area contributed by atoms with E-state index in [9.17, 15) is 9.59 Å². The topological polar surface area (TPSA) is 83.4 Å². The second-order valence-electron chi connectivity index (χ2n) is 8.20. The number of nitrogens with zero attached hydrogens (tertiary/aromatic N) is 5. The number of hydrogen-bond donors (Lipinski definition) is 1. The van der Waals surface area contributed by atoms with E-state index >= 15 is 0 Å². The number of amides is 2. The Morgan fingerprint density at radius 1 is 1.09 bits per heavy atom. The highest BCUT2D eigenvalue weighted by molar-refractivity contribution is 6.07. The van der Waals surface area contributed by atoms with E-state index in [2.05, 4.69) is 15.3 Å². The molecule has 0 spiro atoms. The molecular weight excluding hydrogens is 404 g/mol. The van der Waals surface area contributed by atoms with Crippen molar-refractivity contribution in [1.29, 1.82) is 0 Å². The molecule has 0 bridgehead atoms. The van der Waals surface area contributed by atoms with E-state index in [1.807, 2.05) is 62.2 Å². The van der Waals surface area contributed by atoms with Crippen LogP contribution in [-0.4, -0.2) is 75.6 Å². The van der Waals surface area contributed by atoms with E-state index in [4.69, 9.17) is 4.98 Å². The second kappa shape index (κ2) is 9.48. The first-order valence-electron chi connectivity index (χ1n) is 11.2. The summed E-state index contributed by atoms with van der Waals surface area (Å²) in [7, 11) is 1.86. The molecule has 1 aromatic carbocycles. The number of benzene rings is 1. The molecule has 1 aliphatic heterocycles. The van der Waals surface area contributed by atoms with Gasteiger partial charge in [0.1, 0.15) is 0 Å². The minimum atomic E-state index is -0.00876. The Bertz CT molecular complexity index is 1120. The monoisotopic (exact) mass is 434 g/mol. The first kappa shape index (κ1) is 22.0. The van der Waals surface area contributed by atoms with E-state index in [0.717, 1.165) is 35.3 Å². The number of carbonyl (C=O) groups excluding carboxylic acids is 2. The molecule has 1 saturated heterocycles. The zero-order chi connectivity index (χ0) is 22.7. The molecule has 2 aromatic heterocycles. The average Bonchev–Trinajstić information content (AvgIpc) is 2.94. The van der Waals surface area contributed by atoms with Crippen molar-refractivity contribution in [2.75, 3.05) is 39.3 Å². The molecule has 1 aliphatic rings. The van der Waals surface area contributed by atoms with Crippen LogP contribution in [0.4, 0.5) is 0 Å². The van der Waals surface area contributed by atoms with E-state index in [1.165, 1.54) is 0 Å². The van der Waals surface area contributed by atoms with Crippen molar-refractivity contribution in [3.8, 4) is 11.3 Å². The number of aryl methyl sites for hydroxylation is 2. The van der Waals surface area contributed by atoms with Gasteiger partial charge in [-0.2, -0.15) is 5.10 Å². The van der Waals surface area contributed by atoms with Gasteiger partial charge in [0.05, 0.1) is 28.9 Å². The Kier molecular flexibility index (Phi) is 6.50. The number of nitrogens with one attached hydrogen (secondary N) is 1. The SMILES string of the molecule is CCNC(=O)CN1CCCN(C(=O)c2cc(-c3ccccc3)nc3c2c(C)nn3C)CC1. The fraction of sp³-hybridized carbons (Fsp3) is 0.417. The van der Waals surface area contributed by atoms with Gasteiger partial charge in [-0.3, -0.25) is 19.2 Å². The van der Waals surface area contributed by atoms with Crippen LogP contribution in [0.1, 0.15) is 29.4 Å². The van der Waals surface area contributed by atoms with Gasteiger partial charge in [0.25, 0.3) is 5.91 Å². The third-order valence-electron chi connectivity index (χ3n) is 5.89. The molecular formula is C24H30N6O2. The van der Waals surface area contributed by atoms with Crippen LogP contribution in [0.15, 0.2) is 36.4 Å². The minimum absolute atomic E-state index is 0.00876. The number of pyridine rings is 1. The molecule has 0 radical (unpaired) electrons. The van der Waals surface area contributed by atoms with Crippen molar-refractivity contribution in [2.24, 2.45) is 7.05 Å². The Morgan fingerprint density at radius 3 is 2.62 bits per heavy atom. The molecule has 168 valence electrons. The maximum Gasteiger partial charge on any atom is 0.254 e. The number of carbonyl (C=O) groups is 2. The summed E-state index contributed by atoms with van der Waals surface area (Å²) in [5.74, 6) is 0.0205. The lowest BCUT2D eigenvalue weighted by atomic mass is 10.0. The Morgan fingerprint density at radius 2 is 1.88 bits per heavy atom. The third kappa shape index (κ3) is 4.50. The average molecular weight is 435 g/mol. The summed E-state index contributed by atoms with van der Waals surface area (Å²) in [5, 5.41) is 8.18. The smallest absolute Gasteiger partial charge is 0.254 e. The quantitative estimate of drug-likeness (QED) is 0.666. The highest BCUT2D eigenvalue weighted by Crippen LogP contribution is 2.28. The summed E-state index contributed by atoms with van der Waals surface area (Å²) in [4.78, 5) is 34.5. The molecule has 3 heterocycles. The standard InChI is InChI=1S/C24H30N6O2/c1-4-25-21(31)16-29-11-8-12-30(14-13-29)24(32)19-15-20(18-9-6-5-7-10-18)26-23-22(19)17(2)27-28(23)3/h5-7,9-10,15H,4,8,11-14,16H2,1-3H3,(H,25,31). The number of likely N-dealkylation sites (N-methyl/N-ethyl adjacent to an activating group) is 1. The van der Waals surface area contributed by atoms with Crippen LogP contribution in [0, 0.1) is 6.92 Å². The maximum atomic E-state index is 13.7. The summed E-state index contributed by atoms with van der Waals surface area (Å²) >= 11 is 0. The molecule has 0 unspecified atom stereocenters. The molecule has 0 atom stereocenters. The number of aromatic nitrogens is 3. The van der Waals surface area contributed by atoms with E-state index in [1.54, 1.807) is 4.68 Å². The van der Waals surface area contributed by atoms with Gasteiger partial charge in [0.15, 0.2) is 5.65 Å². The molecule has 4 rings (SSSR count). The maximum absolute atomic E-state index is 13.7. The largest absolute Gasteiger partial charge is 0.355 e.